The molecule has 0 fully saturated rings. The first-order chi connectivity index (χ1) is 13.8. The van der Waals surface area contributed by atoms with Crippen LogP contribution >= 0.6 is 0 Å². The summed E-state index contributed by atoms with van der Waals surface area (Å²) in [5.74, 6) is -2.85. The number of carbonyl (C=O) groups excluding carboxylic acids is 1. The van der Waals surface area contributed by atoms with Crippen LogP contribution < -0.4 is 5.32 Å². The van der Waals surface area contributed by atoms with Crippen molar-refractivity contribution in [1.29, 1.82) is 0 Å². The number of hydrogen-bond donors (Lipinski definition) is 3. The smallest absolute Gasteiger partial charge is 0.322 e. The van der Waals surface area contributed by atoms with E-state index in [-0.39, 0.29) is 23.6 Å². The van der Waals surface area contributed by atoms with Crippen LogP contribution in [-0.4, -0.2) is 38.6 Å². The molecule has 0 aliphatic heterocycles. The van der Waals surface area contributed by atoms with E-state index in [0.29, 0.717) is 5.56 Å². The summed E-state index contributed by atoms with van der Waals surface area (Å²) in [6, 6.07) is 14.2. The number of halogens is 1. The number of aromatic nitrogens is 2. The van der Waals surface area contributed by atoms with Crippen LogP contribution in [0, 0.1) is 12.7 Å². The van der Waals surface area contributed by atoms with Gasteiger partial charge in [-0.15, -0.1) is 0 Å². The molecule has 0 aliphatic carbocycles. The van der Waals surface area contributed by atoms with Gasteiger partial charge in [-0.1, -0.05) is 42.5 Å². The molecule has 0 unspecified atom stereocenters. The summed E-state index contributed by atoms with van der Waals surface area (Å²) in [4.78, 5) is 30.8. The number of rotatable bonds is 6. The Balaban J connectivity index is 1.86. The number of aryl methyl sites for hydroxylation is 1. The molecule has 8 heteroatoms. The lowest BCUT2D eigenvalue weighted by Gasteiger charge is -2.10. The highest BCUT2D eigenvalue weighted by atomic mass is 19.1. The Morgan fingerprint density at radius 2 is 1.79 bits per heavy atom. The van der Waals surface area contributed by atoms with Crippen molar-refractivity contribution in [3.63, 3.8) is 0 Å². The van der Waals surface area contributed by atoms with Gasteiger partial charge in [-0.3, -0.25) is 9.59 Å². The zero-order valence-corrected chi connectivity index (χ0v) is 15.5. The maximum absolute atomic E-state index is 14.6. The Hall–Kier alpha value is -3.81. The van der Waals surface area contributed by atoms with Gasteiger partial charge >= 0.3 is 5.97 Å². The lowest BCUT2D eigenvalue weighted by Crippen LogP contribution is -2.30. The van der Waals surface area contributed by atoms with Gasteiger partial charge in [-0.2, -0.15) is 0 Å². The van der Waals surface area contributed by atoms with E-state index in [1.807, 2.05) is 30.3 Å². The first-order valence-electron chi connectivity index (χ1n) is 8.75. The fraction of sp³-hybridized carbons (Fsp3) is 0.143. The highest BCUT2D eigenvalue weighted by Gasteiger charge is 2.19. The molecule has 0 spiro atoms. The van der Waals surface area contributed by atoms with Gasteiger partial charge in [-0.05, 0) is 29.7 Å². The first kappa shape index (κ1) is 19.9. The number of aliphatic carboxylic acids is 1. The van der Waals surface area contributed by atoms with Crippen molar-refractivity contribution in [2.24, 2.45) is 0 Å². The molecule has 7 nitrogen and oxygen atoms in total. The Bertz CT molecular complexity index is 1070. The fourth-order valence-electron chi connectivity index (χ4n) is 2.77. The van der Waals surface area contributed by atoms with Gasteiger partial charge in [0.1, 0.15) is 18.2 Å². The molecule has 148 valence electrons. The van der Waals surface area contributed by atoms with Crippen LogP contribution in [0.1, 0.15) is 27.6 Å². The molecule has 3 rings (SSSR count). The van der Waals surface area contributed by atoms with E-state index < -0.39 is 30.0 Å². The third-order valence-electron chi connectivity index (χ3n) is 4.23. The lowest BCUT2D eigenvalue weighted by atomic mass is 10.0. The number of carboxylic acid groups (broad SMARTS) is 1. The molecule has 0 atom stereocenters. The predicted octanol–water partition coefficient (Wildman–Crippen LogP) is 2.70. The molecular weight excluding hydrogens is 377 g/mol. The molecule has 0 saturated heterocycles. The number of carboxylic acids is 1. The zero-order chi connectivity index (χ0) is 21.0. The quantitative estimate of drug-likeness (QED) is 0.592. The third kappa shape index (κ3) is 4.73. The molecule has 29 heavy (non-hydrogen) atoms. The minimum atomic E-state index is -1.23. The highest BCUT2D eigenvalue weighted by Crippen LogP contribution is 2.24. The molecule has 0 saturated carbocycles. The van der Waals surface area contributed by atoms with E-state index in [9.17, 15) is 19.1 Å². The van der Waals surface area contributed by atoms with Gasteiger partial charge in [0.25, 0.3) is 5.91 Å². The number of nitrogens with one attached hydrogen (secondary N) is 1. The molecule has 0 radical (unpaired) electrons. The SMILES string of the molecule is Cc1nc(Cc2ccc(-c3ccccc3)cc2F)nc(C(=O)NCC(=O)O)c1O. The fourth-order valence-corrected chi connectivity index (χ4v) is 2.77. The number of hydrogen-bond acceptors (Lipinski definition) is 5. The lowest BCUT2D eigenvalue weighted by molar-refractivity contribution is -0.135. The average Bonchev–Trinajstić information content (AvgIpc) is 2.70. The largest absolute Gasteiger partial charge is 0.504 e. The zero-order valence-electron chi connectivity index (χ0n) is 15.5. The summed E-state index contributed by atoms with van der Waals surface area (Å²) in [5, 5.41) is 20.8. The van der Waals surface area contributed by atoms with E-state index in [2.05, 4.69) is 15.3 Å². The predicted molar refractivity (Wildman–Crippen MR) is 103 cm³/mol. The standard InChI is InChI=1S/C21H18FN3O4/c1-12-20(28)19(21(29)23-11-18(26)27)25-17(24-12)10-15-8-7-14(9-16(15)22)13-5-3-2-4-6-13/h2-9,28H,10-11H2,1H3,(H,23,29)(H,26,27). The Morgan fingerprint density at radius 3 is 2.45 bits per heavy atom. The molecule has 0 bridgehead atoms. The molecule has 1 amide bonds. The van der Waals surface area contributed by atoms with Crippen LogP contribution in [-0.2, 0) is 11.2 Å². The summed E-state index contributed by atoms with van der Waals surface area (Å²) < 4.78 is 14.6. The average molecular weight is 395 g/mol. The summed E-state index contributed by atoms with van der Waals surface area (Å²) in [6.07, 6.45) is 0.00122. The highest BCUT2D eigenvalue weighted by molar-refractivity contribution is 5.96. The van der Waals surface area contributed by atoms with Gasteiger partial charge in [0.05, 0.1) is 5.69 Å². The molecule has 0 aliphatic rings. The van der Waals surface area contributed by atoms with Gasteiger partial charge in [0.2, 0.25) is 0 Å². The Kier molecular flexibility index (Phi) is 5.82. The second kappa shape index (κ2) is 8.47. The number of amides is 1. The molecule has 1 heterocycles. The van der Waals surface area contributed by atoms with Crippen LogP contribution in [0.4, 0.5) is 4.39 Å². The number of benzene rings is 2. The minimum absolute atomic E-state index is 0.00122. The van der Waals surface area contributed by atoms with Crippen LogP contribution in [0.5, 0.6) is 5.75 Å². The van der Waals surface area contributed by atoms with Crippen molar-refractivity contribution in [3.8, 4) is 16.9 Å². The second-order valence-corrected chi connectivity index (χ2v) is 6.35. The van der Waals surface area contributed by atoms with Crippen molar-refractivity contribution in [2.45, 2.75) is 13.3 Å². The van der Waals surface area contributed by atoms with Crippen LogP contribution in [0.25, 0.3) is 11.1 Å². The van der Waals surface area contributed by atoms with Crippen LogP contribution in [0.2, 0.25) is 0 Å². The van der Waals surface area contributed by atoms with E-state index in [0.717, 1.165) is 11.1 Å². The molecule has 3 aromatic rings. The first-order valence-corrected chi connectivity index (χ1v) is 8.75. The topological polar surface area (TPSA) is 112 Å². The van der Waals surface area contributed by atoms with Crippen molar-refractivity contribution in [1.82, 2.24) is 15.3 Å². The van der Waals surface area contributed by atoms with Gasteiger partial charge in [-0.25, -0.2) is 14.4 Å². The normalized spacial score (nSPS) is 10.6. The molecule has 1 aromatic heterocycles. The Labute approximate surface area is 165 Å². The second-order valence-electron chi connectivity index (χ2n) is 6.35. The molecule has 2 aromatic carbocycles. The summed E-state index contributed by atoms with van der Waals surface area (Å²) in [6.45, 7) is 0.857. The van der Waals surface area contributed by atoms with E-state index in [1.54, 1.807) is 12.1 Å². The van der Waals surface area contributed by atoms with Gasteiger partial charge < -0.3 is 15.5 Å². The van der Waals surface area contributed by atoms with Crippen molar-refractivity contribution in [3.05, 3.63) is 77.1 Å². The van der Waals surface area contributed by atoms with Crippen molar-refractivity contribution < 1.29 is 24.2 Å². The minimum Gasteiger partial charge on any atom is -0.504 e. The maximum atomic E-state index is 14.6. The number of nitrogens with zero attached hydrogens (tertiary/aromatic N) is 2. The summed E-state index contributed by atoms with van der Waals surface area (Å²) >= 11 is 0. The van der Waals surface area contributed by atoms with Crippen LogP contribution in [0.15, 0.2) is 48.5 Å². The van der Waals surface area contributed by atoms with E-state index in [4.69, 9.17) is 5.11 Å². The summed E-state index contributed by atoms with van der Waals surface area (Å²) in [5.41, 5.74) is 1.72. The van der Waals surface area contributed by atoms with E-state index >= 15 is 0 Å². The van der Waals surface area contributed by atoms with Crippen molar-refractivity contribution in [2.75, 3.05) is 6.54 Å². The van der Waals surface area contributed by atoms with E-state index in [1.165, 1.54) is 13.0 Å². The number of aromatic hydroxyl groups is 1. The van der Waals surface area contributed by atoms with Gasteiger partial charge in [0.15, 0.2) is 11.4 Å². The Morgan fingerprint density at radius 1 is 1.07 bits per heavy atom. The van der Waals surface area contributed by atoms with Crippen LogP contribution in [0.3, 0.4) is 0 Å². The number of carbonyl (C=O) groups is 2. The van der Waals surface area contributed by atoms with Gasteiger partial charge in [0, 0.05) is 6.42 Å². The monoisotopic (exact) mass is 395 g/mol. The van der Waals surface area contributed by atoms with Crippen molar-refractivity contribution >= 4 is 11.9 Å². The third-order valence-corrected chi connectivity index (χ3v) is 4.23. The summed E-state index contributed by atoms with van der Waals surface area (Å²) in [7, 11) is 0. The molecular formula is C21H18FN3O4. The molecule has 3 N–H and O–H groups in total. The maximum Gasteiger partial charge on any atom is 0.322 e.